The van der Waals surface area contributed by atoms with Crippen molar-refractivity contribution in [1.82, 2.24) is 10.3 Å². The zero-order chi connectivity index (χ0) is 13.4. The number of nitrogens with zero attached hydrogens (tertiary/aromatic N) is 2. The highest BCUT2D eigenvalue weighted by atomic mass is 16.6. The Morgan fingerprint density at radius 1 is 1.61 bits per heavy atom. The summed E-state index contributed by atoms with van der Waals surface area (Å²) >= 11 is 0. The molecule has 1 heterocycles. The lowest BCUT2D eigenvalue weighted by Crippen LogP contribution is -2.25. The molecule has 100 valence electrons. The largest absolute Gasteiger partial charge is 0.485 e. The second kappa shape index (κ2) is 7.60. The Kier molecular flexibility index (Phi) is 6.07. The number of nitrogens with one attached hydrogen (secondary N) is 1. The van der Waals surface area contributed by atoms with Crippen LogP contribution in [-0.2, 0) is 0 Å². The van der Waals surface area contributed by atoms with Crippen LogP contribution in [0.4, 0.5) is 5.82 Å². The first-order chi connectivity index (χ1) is 8.65. The van der Waals surface area contributed by atoms with Crippen LogP contribution in [0.25, 0.3) is 0 Å². The molecule has 0 saturated heterocycles. The molecule has 0 spiro atoms. The van der Waals surface area contributed by atoms with Crippen LogP contribution in [0.15, 0.2) is 18.3 Å². The molecule has 18 heavy (non-hydrogen) atoms. The lowest BCUT2D eigenvalue weighted by molar-refractivity contribution is -0.390. The summed E-state index contributed by atoms with van der Waals surface area (Å²) in [6.45, 7) is 6.38. The number of hydrogen-bond donors (Lipinski definition) is 1. The minimum absolute atomic E-state index is 0.227. The van der Waals surface area contributed by atoms with Gasteiger partial charge in [0, 0.05) is 12.5 Å². The number of ether oxygens (including phenoxy) is 1. The van der Waals surface area contributed by atoms with E-state index in [1.54, 1.807) is 12.1 Å². The number of nitro groups is 1. The molecule has 1 unspecified atom stereocenters. The molecule has 6 heteroatoms. The number of hydrogen-bond acceptors (Lipinski definition) is 5. The maximum atomic E-state index is 10.7. The van der Waals surface area contributed by atoms with Crippen molar-refractivity contribution in [3.8, 4) is 5.75 Å². The number of pyridine rings is 1. The van der Waals surface area contributed by atoms with E-state index in [0.717, 1.165) is 19.5 Å². The molecule has 1 atom stereocenters. The quantitative estimate of drug-likeness (QED) is 0.435. The van der Waals surface area contributed by atoms with Crippen LogP contribution in [0.5, 0.6) is 5.75 Å². The second-order valence-electron chi connectivity index (χ2n) is 4.20. The van der Waals surface area contributed by atoms with Crippen LogP contribution < -0.4 is 10.1 Å². The van der Waals surface area contributed by atoms with E-state index in [1.165, 1.54) is 6.20 Å². The van der Waals surface area contributed by atoms with Gasteiger partial charge in [0.1, 0.15) is 6.20 Å². The monoisotopic (exact) mass is 253 g/mol. The summed E-state index contributed by atoms with van der Waals surface area (Å²) in [6.07, 6.45) is 2.47. The SMILES string of the molecule is CCCNCC(C)COc1cccnc1[N+](=O)[O-]. The average molecular weight is 253 g/mol. The highest BCUT2D eigenvalue weighted by molar-refractivity contribution is 5.38. The Morgan fingerprint density at radius 2 is 2.39 bits per heavy atom. The molecule has 0 aliphatic heterocycles. The molecular formula is C12H19N3O3. The van der Waals surface area contributed by atoms with Gasteiger partial charge in [0.15, 0.2) is 0 Å². The molecule has 0 saturated carbocycles. The second-order valence-corrected chi connectivity index (χ2v) is 4.20. The van der Waals surface area contributed by atoms with Crippen LogP contribution in [0.2, 0.25) is 0 Å². The molecule has 0 radical (unpaired) electrons. The molecule has 0 aliphatic carbocycles. The minimum Gasteiger partial charge on any atom is -0.485 e. The fourth-order valence-corrected chi connectivity index (χ4v) is 1.45. The van der Waals surface area contributed by atoms with E-state index in [4.69, 9.17) is 4.74 Å². The standard InChI is InChI=1S/C12H19N3O3/c1-3-6-13-8-10(2)9-18-11-5-4-7-14-12(11)15(16)17/h4-5,7,10,13H,3,6,8-9H2,1-2H3. The van der Waals surface area contributed by atoms with Gasteiger partial charge in [-0.05, 0) is 35.0 Å². The summed E-state index contributed by atoms with van der Waals surface area (Å²) in [5.41, 5.74) is 0. The summed E-state index contributed by atoms with van der Waals surface area (Å²) in [7, 11) is 0. The van der Waals surface area contributed by atoms with Gasteiger partial charge in [0.25, 0.3) is 0 Å². The molecule has 1 rings (SSSR count). The number of aromatic nitrogens is 1. The van der Waals surface area contributed by atoms with Crippen LogP contribution in [0.3, 0.4) is 0 Å². The van der Waals surface area contributed by atoms with Crippen molar-refractivity contribution >= 4 is 5.82 Å². The molecule has 0 aliphatic rings. The third kappa shape index (κ3) is 4.67. The Morgan fingerprint density at radius 3 is 3.06 bits per heavy atom. The fraction of sp³-hybridized carbons (Fsp3) is 0.583. The Balaban J connectivity index is 2.45. The van der Waals surface area contributed by atoms with Crippen LogP contribution >= 0.6 is 0 Å². The van der Waals surface area contributed by atoms with E-state index in [2.05, 4.69) is 17.2 Å². The summed E-state index contributed by atoms with van der Waals surface area (Å²) in [5.74, 6) is 0.285. The normalized spacial score (nSPS) is 12.1. The van der Waals surface area contributed by atoms with Gasteiger partial charge in [-0.2, -0.15) is 0 Å². The van der Waals surface area contributed by atoms with Gasteiger partial charge in [-0.1, -0.05) is 13.8 Å². The summed E-state index contributed by atoms with van der Waals surface area (Å²) in [6, 6.07) is 3.19. The average Bonchev–Trinajstić information content (AvgIpc) is 2.37. The lowest BCUT2D eigenvalue weighted by atomic mass is 10.2. The van der Waals surface area contributed by atoms with Crippen LogP contribution in [0, 0.1) is 16.0 Å². The Labute approximate surface area is 107 Å². The minimum atomic E-state index is -0.532. The van der Waals surface area contributed by atoms with E-state index in [-0.39, 0.29) is 17.5 Å². The molecule has 6 nitrogen and oxygen atoms in total. The van der Waals surface area contributed by atoms with Crippen molar-refractivity contribution in [3.05, 3.63) is 28.4 Å². The maximum Gasteiger partial charge on any atom is 0.406 e. The first kappa shape index (κ1) is 14.4. The molecule has 1 N–H and O–H groups in total. The van der Waals surface area contributed by atoms with Crippen molar-refractivity contribution < 1.29 is 9.66 Å². The van der Waals surface area contributed by atoms with Gasteiger partial charge in [0.05, 0.1) is 6.61 Å². The van der Waals surface area contributed by atoms with E-state index >= 15 is 0 Å². The third-order valence-corrected chi connectivity index (χ3v) is 2.37. The van der Waals surface area contributed by atoms with Crippen molar-refractivity contribution in [1.29, 1.82) is 0 Å². The Bertz CT molecular complexity index is 385. The predicted octanol–water partition coefficient (Wildman–Crippen LogP) is 2.00. The van der Waals surface area contributed by atoms with Gasteiger partial charge in [-0.25, -0.2) is 0 Å². The number of rotatable bonds is 8. The highest BCUT2D eigenvalue weighted by Crippen LogP contribution is 2.23. The van der Waals surface area contributed by atoms with E-state index in [1.807, 2.05) is 6.92 Å². The first-order valence-electron chi connectivity index (χ1n) is 6.08. The van der Waals surface area contributed by atoms with Crippen molar-refractivity contribution in [2.24, 2.45) is 5.92 Å². The van der Waals surface area contributed by atoms with Crippen LogP contribution in [0.1, 0.15) is 20.3 Å². The summed E-state index contributed by atoms with van der Waals surface area (Å²) < 4.78 is 5.45. The van der Waals surface area contributed by atoms with E-state index in [9.17, 15) is 10.1 Å². The summed E-state index contributed by atoms with van der Waals surface area (Å²) in [5, 5.41) is 14.0. The lowest BCUT2D eigenvalue weighted by Gasteiger charge is -2.13. The molecule has 1 aromatic rings. The highest BCUT2D eigenvalue weighted by Gasteiger charge is 2.16. The van der Waals surface area contributed by atoms with Crippen molar-refractivity contribution in [2.45, 2.75) is 20.3 Å². The smallest absolute Gasteiger partial charge is 0.406 e. The zero-order valence-corrected chi connectivity index (χ0v) is 10.8. The fourth-order valence-electron chi connectivity index (χ4n) is 1.45. The molecule has 0 bridgehead atoms. The van der Waals surface area contributed by atoms with E-state index in [0.29, 0.717) is 6.61 Å². The van der Waals surface area contributed by atoms with Gasteiger partial charge in [-0.15, -0.1) is 0 Å². The molecule has 0 aromatic carbocycles. The van der Waals surface area contributed by atoms with Crippen LogP contribution in [-0.4, -0.2) is 29.6 Å². The first-order valence-corrected chi connectivity index (χ1v) is 6.08. The predicted molar refractivity (Wildman–Crippen MR) is 68.7 cm³/mol. The molecule has 0 amide bonds. The summed E-state index contributed by atoms with van der Waals surface area (Å²) in [4.78, 5) is 13.9. The van der Waals surface area contributed by atoms with Crippen molar-refractivity contribution in [2.75, 3.05) is 19.7 Å². The Hall–Kier alpha value is -1.69. The topological polar surface area (TPSA) is 77.3 Å². The van der Waals surface area contributed by atoms with Gasteiger partial charge in [-0.3, -0.25) is 0 Å². The molecule has 1 aromatic heterocycles. The third-order valence-electron chi connectivity index (χ3n) is 2.37. The van der Waals surface area contributed by atoms with E-state index < -0.39 is 4.92 Å². The van der Waals surface area contributed by atoms with Gasteiger partial charge < -0.3 is 20.2 Å². The van der Waals surface area contributed by atoms with Crippen molar-refractivity contribution in [3.63, 3.8) is 0 Å². The van der Waals surface area contributed by atoms with Gasteiger partial charge in [0.2, 0.25) is 5.75 Å². The zero-order valence-electron chi connectivity index (χ0n) is 10.8. The molecular weight excluding hydrogens is 234 g/mol. The van der Waals surface area contributed by atoms with Gasteiger partial charge >= 0.3 is 5.82 Å². The maximum absolute atomic E-state index is 10.7. The molecule has 0 fully saturated rings.